The number of primary amides is 1. The quantitative estimate of drug-likeness (QED) is 0.466. The lowest BCUT2D eigenvalue weighted by atomic mass is 10.1. The largest absolute Gasteiger partial charge is 0.481 e. The maximum atomic E-state index is 10.8. The Labute approximate surface area is 76.6 Å². The second-order valence-corrected chi connectivity index (χ2v) is 2.58. The van der Waals surface area contributed by atoms with Crippen molar-refractivity contribution in [1.82, 2.24) is 5.32 Å². The molecule has 0 saturated carbocycles. The van der Waals surface area contributed by atoms with E-state index in [1.54, 1.807) is 6.08 Å². The van der Waals surface area contributed by atoms with Gasteiger partial charge in [0.25, 0.3) is 0 Å². The van der Waals surface area contributed by atoms with Crippen molar-refractivity contribution in [3.05, 3.63) is 12.7 Å². The van der Waals surface area contributed by atoms with Crippen LogP contribution >= 0.6 is 0 Å². The van der Waals surface area contributed by atoms with Crippen molar-refractivity contribution in [1.29, 1.82) is 0 Å². The van der Waals surface area contributed by atoms with Gasteiger partial charge in [-0.25, -0.2) is 0 Å². The summed E-state index contributed by atoms with van der Waals surface area (Å²) >= 11 is 0. The highest BCUT2D eigenvalue weighted by molar-refractivity contribution is 5.80. The lowest BCUT2D eigenvalue weighted by Crippen LogP contribution is -2.41. The van der Waals surface area contributed by atoms with Crippen LogP contribution in [0.15, 0.2) is 12.7 Å². The molecule has 0 rings (SSSR count). The van der Waals surface area contributed by atoms with Crippen molar-refractivity contribution in [3.8, 4) is 0 Å². The third-order valence-corrected chi connectivity index (χ3v) is 1.50. The minimum Gasteiger partial charge on any atom is -0.481 e. The molecule has 74 valence electrons. The Morgan fingerprint density at radius 1 is 1.62 bits per heavy atom. The van der Waals surface area contributed by atoms with Gasteiger partial charge in [0.15, 0.2) is 0 Å². The van der Waals surface area contributed by atoms with E-state index in [-0.39, 0.29) is 12.8 Å². The second kappa shape index (κ2) is 6.19. The van der Waals surface area contributed by atoms with Gasteiger partial charge >= 0.3 is 5.97 Å². The fraction of sp³-hybridized carbons (Fsp3) is 0.500. The Balaban J connectivity index is 3.87. The molecule has 0 bridgehead atoms. The molecule has 0 aromatic heterocycles. The van der Waals surface area contributed by atoms with E-state index in [0.29, 0.717) is 6.54 Å². The van der Waals surface area contributed by atoms with E-state index < -0.39 is 17.9 Å². The fourth-order valence-electron chi connectivity index (χ4n) is 0.838. The van der Waals surface area contributed by atoms with Crippen molar-refractivity contribution in [2.75, 3.05) is 6.54 Å². The molecule has 5 nitrogen and oxygen atoms in total. The predicted octanol–water partition coefficient (Wildman–Crippen LogP) is -0.519. The first-order chi connectivity index (χ1) is 6.07. The molecule has 4 N–H and O–H groups in total. The van der Waals surface area contributed by atoms with E-state index in [1.165, 1.54) is 0 Å². The van der Waals surface area contributed by atoms with Crippen molar-refractivity contribution in [2.45, 2.75) is 18.9 Å². The van der Waals surface area contributed by atoms with Crippen LogP contribution in [0.5, 0.6) is 0 Å². The van der Waals surface area contributed by atoms with Crippen LogP contribution in [0.4, 0.5) is 0 Å². The number of hydrogen-bond donors (Lipinski definition) is 3. The number of carboxylic acids is 1. The Bertz CT molecular complexity index is 204. The van der Waals surface area contributed by atoms with Gasteiger partial charge in [-0.2, -0.15) is 0 Å². The predicted molar refractivity (Wildman–Crippen MR) is 48.1 cm³/mol. The Morgan fingerprint density at radius 2 is 2.23 bits per heavy atom. The maximum absolute atomic E-state index is 10.8. The SMILES string of the molecule is C=CCN[C@@H](CCC(=O)O)C(N)=O. The van der Waals surface area contributed by atoms with Gasteiger partial charge in [-0.05, 0) is 6.42 Å². The van der Waals surface area contributed by atoms with Crippen molar-refractivity contribution in [2.24, 2.45) is 5.73 Å². The van der Waals surface area contributed by atoms with Gasteiger partial charge in [0, 0.05) is 13.0 Å². The number of carbonyl (C=O) groups is 2. The smallest absolute Gasteiger partial charge is 0.303 e. The summed E-state index contributed by atoms with van der Waals surface area (Å²) in [7, 11) is 0. The lowest BCUT2D eigenvalue weighted by molar-refractivity contribution is -0.137. The maximum Gasteiger partial charge on any atom is 0.303 e. The van der Waals surface area contributed by atoms with E-state index in [9.17, 15) is 9.59 Å². The van der Waals surface area contributed by atoms with Gasteiger partial charge in [0.05, 0.1) is 6.04 Å². The number of rotatable bonds is 7. The minimum atomic E-state index is -0.938. The van der Waals surface area contributed by atoms with E-state index in [4.69, 9.17) is 10.8 Å². The first-order valence-electron chi connectivity index (χ1n) is 3.93. The molecule has 13 heavy (non-hydrogen) atoms. The summed E-state index contributed by atoms with van der Waals surface area (Å²) in [4.78, 5) is 21.0. The van der Waals surface area contributed by atoms with Crippen molar-refractivity contribution < 1.29 is 14.7 Å². The van der Waals surface area contributed by atoms with Crippen LogP contribution in [-0.4, -0.2) is 29.6 Å². The van der Waals surface area contributed by atoms with Gasteiger partial charge < -0.3 is 16.2 Å². The summed E-state index contributed by atoms with van der Waals surface area (Å²) in [5, 5.41) is 11.1. The van der Waals surface area contributed by atoms with Crippen LogP contribution in [0.2, 0.25) is 0 Å². The Kier molecular flexibility index (Phi) is 5.54. The molecule has 0 heterocycles. The molecule has 1 amide bonds. The summed E-state index contributed by atoms with van der Waals surface area (Å²) < 4.78 is 0. The van der Waals surface area contributed by atoms with Crippen LogP contribution in [0.3, 0.4) is 0 Å². The molecule has 0 saturated heterocycles. The Hall–Kier alpha value is -1.36. The lowest BCUT2D eigenvalue weighted by Gasteiger charge is -2.12. The summed E-state index contributed by atoms with van der Waals surface area (Å²) in [6.07, 6.45) is 1.72. The number of carbonyl (C=O) groups excluding carboxylic acids is 1. The third kappa shape index (κ3) is 5.86. The number of nitrogens with one attached hydrogen (secondary N) is 1. The van der Waals surface area contributed by atoms with E-state index in [0.717, 1.165) is 0 Å². The molecule has 0 aliphatic carbocycles. The fourth-order valence-corrected chi connectivity index (χ4v) is 0.838. The molecular formula is C8H14N2O3. The van der Waals surface area contributed by atoms with Gasteiger partial charge in [0.1, 0.15) is 0 Å². The first-order valence-corrected chi connectivity index (χ1v) is 3.93. The van der Waals surface area contributed by atoms with E-state index in [2.05, 4.69) is 11.9 Å². The molecule has 5 heteroatoms. The standard InChI is InChI=1S/C8H14N2O3/c1-2-5-10-6(8(9)13)3-4-7(11)12/h2,6,10H,1,3-5H2,(H2,9,13)(H,11,12)/t6-/m0/s1. The molecule has 0 spiro atoms. The minimum absolute atomic E-state index is 0.0717. The molecule has 0 fully saturated rings. The average molecular weight is 186 g/mol. The highest BCUT2D eigenvalue weighted by Gasteiger charge is 2.14. The van der Waals surface area contributed by atoms with Crippen LogP contribution < -0.4 is 11.1 Å². The average Bonchev–Trinajstić information content (AvgIpc) is 2.03. The van der Waals surface area contributed by atoms with E-state index >= 15 is 0 Å². The topological polar surface area (TPSA) is 92.4 Å². The molecule has 0 unspecified atom stereocenters. The number of nitrogens with two attached hydrogens (primary N) is 1. The summed E-state index contributed by atoms with van der Waals surface area (Å²) in [5.74, 6) is -1.48. The number of aliphatic carboxylic acids is 1. The van der Waals surface area contributed by atoms with E-state index in [1.807, 2.05) is 0 Å². The normalized spacial score (nSPS) is 12.0. The number of amides is 1. The van der Waals surface area contributed by atoms with Gasteiger partial charge in [-0.1, -0.05) is 6.08 Å². The molecule has 1 atom stereocenters. The molecule has 0 aliphatic heterocycles. The zero-order chi connectivity index (χ0) is 10.3. The molecular weight excluding hydrogens is 172 g/mol. The molecule has 0 radical (unpaired) electrons. The first kappa shape index (κ1) is 11.6. The summed E-state index contributed by atoms with van der Waals surface area (Å²) in [6.45, 7) is 3.89. The monoisotopic (exact) mass is 186 g/mol. The third-order valence-electron chi connectivity index (χ3n) is 1.50. The second-order valence-electron chi connectivity index (χ2n) is 2.58. The van der Waals surface area contributed by atoms with Crippen molar-refractivity contribution in [3.63, 3.8) is 0 Å². The zero-order valence-electron chi connectivity index (χ0n) is 7.32. The van der Waals surface area contributed by atoms with Crippen molar-refractivity contribution >= 4 is 11.9 Å². The molecule has 0 aromatic carbocycles. The van der Waals surface area contributed by atoms with Crippen LogP contribution in [-0.2, 0) is 9.59 Å². The highest BCUT2D eigenvalue weighted by atomic mass is 16.4. The highest BCUT2D eigenvalue weighted by Crippen LogP contribution is 1.96. The molecule has 0 aliphatic rings. The Morgan fingerprint density at radius 3 is 2.62 bits per heavy atom. The van der Waals surface area contributed by atoms with Gasteiger partial charge in [-0.15, -0.1) is 6.58 Å². The summed E-state index contributed by atoms with van der Waals surface area (Å²) in [6, 6.07) is -0.589. The van der Waals surface area contributed by atoms with Crippen LogP contribution in [0.1, 0.15) is 12.8 Å². The zero-order valence-corrected chi connectivity index (χ0v) is 7.32. The van der Waals surface area contributed by atoms with Gasteiger partial charge in [0.2, 0.25) is 5.91 Å². The van der Waals surface area contributed by atoms with Gasteiger partial charge in [-0.3, -0.25) is 9.59 Å². The molecule has 0 aromatic rings. The number of hydrogen-bond acceptors (Lipinski definition) is 3. The number of carboxylic acid groups (broad SMARTS) is 1. The van der Waals surface area contributed by atoms with Crippen LogP contribution in [0, 0.1) is 0 Å². The summed E-state index contributed by atoms with van der Waals surface area (Å²) in [5.41, 5.74) is 5.04. The van der Waals surface area contributed by atoms with Crippen LogP contribution in [0.25, 0.3) is 0 Å².